The van der Waals surface area contributed by atoms with Crippen molar-refractivity contribution < 1.29 is 9.60 Å². The number of hydrogen-bond acceptors (Lipinski definition) is 1. The van der Waals surface area contributed by atoms with E-state index < -0.39 is 32.2 Å². The first-order valence-electron chi connectivity index (χ1n) is 5.46. The first kappa shape index (κ1) is 0.873. The highest BCUT2D eigenvalue weighted by Crippen LogP contribution is 1.96. The molecule has 6 heavy (non-hydrogen) atoms. The summed E-state index contributed by atoms with van der Waals surface area (Å²) < 4.78 is 50.9. The minimum Gasteiger partial charge on any atom is -0.317 e. The summed E-state index contributed by atoms with van der Waals surface area (Å²) in [6.07, 6.45) is -6.23. The van der Waals surface area contributed by atoms with E-state index in [1.807, 2.05) is 0 Å². The van der Waals surface area contributed by atoms with E-state index in [2.05, 4.69) is 5.32 Å². The number of rotatable bonds is 0. The standard InChI is InChI=1S/C5H11N/c1-2-4-6-5-3-1/h6H,1-5H2/i1D,2D2,3D2,4D,5D. The van der Waals surface area contributed by atoms with E-state index in [-0.39, 0.29) is 0 Å². The lowest BCUT2D eigenvalue weighted by Crippen LogP contribution is -2.21. The zero-order valence-corrected chi connectivity index (χ0v) is 3.23. The monoisotopic (exact) mass is 92.1 g/mol. The molecule has 0 amide bonds. The van der Waals surface area contributed by atoms with Crippen LogP contribution in [0.25, 0.3) is 0 Å². The molecule has 0 saturated carbocycles. The molecule has 1 nitrogen and oxygen atoms in total. The number of nitrogens with one attached hydrogen (secondary N) is 1. The largest absolute Gasteiger partial charge is 0.317 e. The second kappa shape index (κ2) is 2.19. The summed E-state index contributed by atoms with van der Waals surface area (Å²) in [4.78, 5) is 0. The van der Waals surface area contributed by atoms with Crippen molar-refractivity contribution in [3.8, 4) is 0 Å². The zero-order chi connectivity index (χ0) is 10.4. The Kier molecular flexibility index (Phi) is 0.319. The molecular weight excluding hydrogens is 74.1 g/mol. The summed E-state index contributed by atoms with van der Waals surface area (Å²) >= 11 is 0. The molecule has 0 aliphatic carbocycles. The van der Waals surface area contributed by atoms with Crippen molar-refractivity contribution in [2.45, 2.75) is 19.1 Å². The van der Waals surface area contributed by atoms with Gasteiger partial charge in [0.15, 0.2) is 0 Å². The fourth-order valence-electron chi connectivity index (χ4n) is 0.269. The SMILES string of the molecule is [2H]C1NC([2H])C([2H])([2H])C([2H])C1([2H])[2H]. The van der Waals surface area contributed by atoms with Crippen LogP contribution in [0, 0.1) is 0 Å². The van der Waals surface area contributed by atoms with E-state index >= 15 is 0 Å². The minimum absolute atomic E-state index is 1.42. The second-order valence-corrected chi connectivity index (χ2v) is 0.933. The third-order valence-corrected chi connectivity index (χ3v) is 0.500. The Bertz CT molecular complexity index is 185. The van der Waals surface area contributed by atoms with Crippen LogP contribution in [0.3, 0.4) is 0 Å². The zero-order valence-electron chi connectivity index (χ0n) is 10.2. The van der Waals surface area contributed by atoms with E-state index in [9.17, 15) is 0 Å². The highest BCUT2D eigenvalue weighted by Gasteiger charge is 1.93. The quantitative estimate of drug-likeness (QED) is 0.465. The molecule has 36 valence electrons. The van der Waals surface area contributed by atoms with Crippen LogP contribution in [0.15, 0.2) is 0 Å². The Balaban J connectivity index is 2.96. The Morgan fingerprint density at radius 3 is 2.67 bits per heavy atom. The highest BCUT2D eigenvalue weighted by molar-refractivity contribution is 4.55. The summed E-state index contributed by atoms with van der Waals surface area (Å²) in [5, 5.41) is 2.15. The lowest BCUT2D eigenvalue weighted by atomic mass is 10.2. The van der Waals surface area contributed by atoms with Gasteiger partial charge in [0.2, 0.25) is 0 Å². The van der Waals surface area contributed by atoms with Crippen molar-refractivity contribution in [3.63, 3.8) is 0 Å². The molecule has 1 rings (SSSR count). The molecule has 1 heterocycles. The van der Waals surface area contributed by atoms with Crippen molar-refractivity contribution in [1.29, 1.82) is 0 Å². The van der Waals surface area contributed by atoms with Crippen molar-refractivity contribution >= 4 is 0 Å². The lowest BCUT2D eigenvalue weighted by Gasteiger charge is -2.08. The van der Waals surface area contributed by atoms with Crippen molar-refractivity contribution in [2.75, 3.05) is 13.0 Å². The van der Waals surface area contributed by atoms with E-state index in [4.69, 9.17) is 9.60 Å². The molecule has 2 unspecified atom stereocenters. The molecular formula is C5H11N. The van der Waals surface area contributed by atoms with Gasteiger partial charge in [0.25, 0.3) is 0 Å². The third kappa shape index (κ3) is 0.977. The molecule has 1 N–H and O–H groups in total. The summed E-state index contributed by atoms with van der Waals surface area (Å²) in [7, 11) is 0. The van der Waals surface area contributed by atoms with Gasteiger partial charge in [0, 0.05) is 9.60 Å². The Morgan fingerprint density at radius 2 is 2.00 bits per heavy atom. The fraction of sp³-hybridized carbons (Fsp3) is 1.00. The van der Waals surface area contributed by atoms with Gasteiger partial charge in [-0.3, -0.25) is 0 Å². The van der Waals surface area contributed by atoms with Crippen molar-refractivity contribution in [2.24, 2.45) is 0 Å². The van der Waals surface area contributed by atoms with Crippen LogP contribution in [-0.2, 0) is 0 Å². The molecule has 0 aromatic rings. The minimum atomic E-state index is -2.26. The summed E-state index contributed by atoms with van der Waals surface area (Å²) in [6, 6.07) is 0. The maximum atomic E-state index is 7.31. The molecule has 1 aliphatic heterocycles. The molecule has 2 atom stereocenters. The molecule has 1 aliphatic rings. The molecule has 1 saturated heterocycles. The predicted octanol–water partition coefficient (Wildman–Crippen LogP) is 0.760. The molecule has 0 bridgehead atoms. The third-order valence-electron chi connectivity index (χ3n) is 0.500. The number of piperidine rings is 1. The Hall–Kier alpha value is -0.0400. The molecule has 0 radical (unpaired) electrons. The van der Waals surface area contributed by atoms with Gasteiger partial charge in [-0.1, -0.05) is 6.40 Å². The average molecular weight is 92.2 g/mol. The predicted molar refractivity (Wildman–Crippen MR) is 26.7 cm³/mol. The lowest BCUT2D eigenvalue weighted by molar-refractivity contribution is 0.520. The fourth-order valence-corrected chi connectivity index (χ4v) is 0.269. The molecule has 0 aromatic carbocycles. The van der Waals surface area contributed by atoms with Crippen molar-refractivity contribution in [3.05, 3.63) is 0 Å². The van der Waals surface area contributed by atoms with E-state index in [1.165, 1.54) is 0 Å². The Labute approximate surface area is 48.6 Å². The van der Waals surface area contributed by atoms with Crippen LogP contribution >= 0.6 is 0 Å². The summed E-state index contributed by atoms with van der Waals surface area (Å²) in [5.74, 6) is 0. The van der Waals surface area contributed by atoms with Crippen molar-refractivity contribution in [1.82, 2.24) is 5.32 Å². The first-order valence-corrected chi connectivity index (χ1v) is 1.73. The van der Waals surface area contributed by atoms with Gasteiger partial charge in [-0.05, 0) is 25.8 Å². The topological polar surface area (TPSA) is 12.0 Å². The summed E-state index contributed by atoms with van der Waals surface area (Å²) in [6.45, 7) is -2.83. The first-order chi connectivity index (χ1) is 5.70. The van der Waals surface area contributed by atoms with E-state index in [0.29, 0.717) is 0 Å². The average Bonchev–Trinajstić information content (AvgIpc) is 2.00. The molecule has 0 aromatic heterocycles. The van der Waals surface area contributed by atoms with Crippen LogP contribution in [0.5, 0.6) is 0 Å². The van der Waals surface area contributed by atoms with Gasteiger partial charge in [-0.2, -0.15) is 0 Å². The Morgan fingerprint density at radius 1 is 1.33 bits per heavy atom. The molecule has 1 heteroatoms. The van der Waals surface area contributed by atoms with Crippen LogP contribution in [-0.4, -0.2) is 13.0 Å². The van der Waals surface area contributed by atoms with Crippen LogP contribution in [0.4, 0.5) is 0 Å². The highest BCUT2D eigenvalue weighted by atomic mass is 14.9. The molecule has 0 spiro atoms. The van der Waals surface area contributed by atoms with E-state index in [1.54, 1.807) is 0 Å². The second-order valence-electron chi connectivity index (χ2n) is 0.933. The molecule has 1 fully saturated rings. The van der Waals surface area contributed by atoms with Gasteiger partial charge in [0.05, 0.1) is 0 Å². The van der Waals surface area contributed by atoms with Gasteiger partial charge in [-0.15, -0.1) is 0 Å². The van der Waals surface area contributed by atoms with Gasteiger partial charge in [-0.25, -0.2) is 0 Å². The van der Waals surface area contributed by atoms with Gasteiger partial charge in [0.1, 0.15) is 0 Å². The maximum absolute atomic E-state index is 7.31. The van der Waals surface area contributed by atoms with Crippen LogP contribution < -0.4 is 5.32 Å². The normalized spacial score (nSPS) is 94.7. The number of hydrogen-bond donors (Lipinski definition) is 1. The maximum Gasteiger partial charge on any atom is 0.0428 e. The summed E-state index contributed by atoms with van der Waals surface area (Å²) in [5.41, 5.74) is 0. The van der Waals surface area contributed by atoms with E-state index in [0.717, 1.165) is 0 Å². The van der Waals surface area contributed by atoms with Crippen LogP contribution in [0.2, 0.25) is 0 Å². The smallest absolute Gasteiger partial charge is 0.0428 e. The van der Waals surface area contributed by atoms with Gasteiger partial charge < -0.3 is 5.32 Å². The van der Waals surface area contributed by atoms with Gasteiger partial charge >= 0.3 is 0 Å². The van der Waals surface area contributed by atoms with Crippen LogP contribution in [0.1, 0.15) is 28.7 Å².